The van der Waals surface area contributed by atoms with Crippen molar-refractivity contribution in [2.24, 2.45) is 0 Å². The summed E-state index contributed by atoms with van der Waals surface area (Å²) in [6.07, 6.45) is 7.36. The molecule has 0 bridgehead atoms. The molecule has 0 saturated heterocycles. The van der Waals surface area contributed by atoms with Gasteiger partial charge >= 0.3 is 0 Å². The molecule has 0 heterocycles. The molecule has 0 saturated carbocycles. The summed E-state index contributed by atoms with van der Waals surface area (Å²) in [6.45, 7) is 32.2. The summed E-state index contributed by atoms with van der Waals surface area (Å²) in [5, 5.41) is 2.34. The van der Waals surface area contributed by atoms with Crippen molar-refractivity contribution in [2.75, 3.05) is 0 Å². The molecule has 0 nitrogen and oxygen atoms in total. The summed E-state index contributed by atoms with van der Waals surface area (Å²) in [7, 11) is 0. The molecule has 0 radical (unpaired) electrons. The minimum absolute atomic E-state index is 1.00. The number of hydrogen-bond donors (Lipinski definition) is 0. The van der Waals surface area contributed by atoms with Gasteiger partial charge in [-0.2, -0.15) is 0 Å². The third-order valence-electron chi connectivity index (χ3n) is 4.51. The van der Waals surface area contributed by atoms with Crippen LogP contribution in [0.1, 0.15) is 85.4 Å². The Kier molecular flexibility index (Phi) is 24.6. The molecule has 1 heteroatoms. The zero-order valence-corrected chi connectivity index (χ0v) is 25.6. The molecule has 0 unspecified atom stereocenters. The van der Waals surface area contributed by atoms with E-state index in [1.54, 1.807) is 6.08 Å². The van der Waals surface area contributed by atoms with Crippen LogP contribution in [0.25, 0.3) is 12.7 Å². The van der Waals surface area contributed by atoms with Crippen LogP contribution in [-0.4, -0.2) is 4.86 Å². The third kappa shape index (κ3) is 21.7. The fraction of sp³-hybridized carbons (Fsp3) is 0.382. The van der Waals surface area contributed by atoms with Crippen LogP contribution in [0.3, 0.4) is 0 Å². The van der Waals surface area contributed by atoms with Crippen LogP contribution in [0.4, 0.5) is 0 Å². The molecule has 0 amide bonds. The van der Waals surface area contributed by atoms with E-state index in [1.165, 1.54) is 38.6 Å². The van der Waals surface area contributed by atoms with Crippen molar-refractivity contribution in [1.82, 2.24) is 0 Å². The van der Waals surface area contributed by atoms with Crippen LogP contribution in [0, 0.1) is 20.8 Å². The Morgan fingerprint density at radius 2 is 1.26 bits per heavy atom. The lowest BCUT2D eigenvalue weighted by Crippen LogP contribution is -2.25. The largest absolute Gasteiger partial charge is 0.103 e. The zero-order chi connectivity index (χ0) is 28.0. The average Bonchev–Trinajstić information content (AvgIpc) is 2.80. The van der Waals surface area contributed by atoms with Crippen LogP contribution in [-0.2, 0) is 0 Å². The fourth-order valence-electron chi connectivity index (χ4n) is 2.36. The molecule has 2 rings (SSSR count). The summed E-state index contributed by atoms with van der Waals surface area (Å²) in [5.41, 5.74) is 7.94. The van der Waals surface area contributed by atoms with Crippen molar-refractivity contribution < 1.29 is 0 Å². The first-order valence-electron chi connectivity index (χ1n) is 12.6. The van der Waals surface area contributed by atoms with Gasteiger partial charge in [-0.15, -0.1) is 6.58 Å². The average molecular weight is 493 g/mol. The number of thiocarbonyl (C=S) groups is 1. The van der Waals surface area contributed by atoms with Crippen LogP contribution in [0.2, 0.25) is 0 Å². The smallest absolute Gasteiger partial charge is 0.0133 e. The molecule has 0 aromatic heterocycles. The molecule has 35 heavy (non-hydrogen) atoms. The molecule has 0 aliphatic rings. The normalized spacial score (nSPS) is 9.94. The van der Waals surface area contributed by atoms with E-state index in [0.29, 0.717) is 0 Å². The van der Waals surface area contributed by atoms with Crippen LogP contribution >= 0.6 is 12.2 Å². The topological polar surface area (TPSA) is 0 Å². The molecule has 194 valence electrons. The van der Waals surface area contributed by atoms with Gasteiger partial charge in [0, 0.05) is 0 Å². The first kappa shape index (κ1) is 37.0. The van der Waals surface area contributed by atoms with Gasteiger partial charge in [-0.25, -0.2) is 0 Å². The van der Waals surface area contributed by atoms with Crippen LogP contribution in [0.15, 0.2) is 77.9 Å². The SMILES string of the molecule is C=CC.C=c1c(C)ccc/c1=C/C(/C=C(/C)CC)=C(C)C.CC.CC(C)=S.Cc1ccc(C)cc1. The Balaban J connectivity index is -0.000000494. The standard InChI is InChI=1S/C18H24.C8H10.C3H6S.C3H6.C2H6/c1-7-14(4)11-18(13(2)3)12-17-10-8-9-15(5)16(17)6;1-7-3-5-8(2)6-4-7;1-3(2)4;1-3-2;1-2/h8-12H,6-7H2,1-5H3;3-6H,1-2H3;1-2H3;3H,1H2,2H3;1-2H3/b14-11-,17-12-;;;;. The monoisotopic (exact) mass is 492 g/mol. The third-order valence-corrected chi connectivity index (χ3v) is 4.51. The Hall–Kier alpha value is -2.51. The summed E-state index contributed by atoms with van der Waals surface area (Å²) in [6, 6.07) is 14.8. The summed E-state index contributed by atoms with van der Waals surface area (Å²) in [5.74, 6) is 0. The van der Waals surface area contributed by atoms with E-state index >= 15 is 0 Å². The van der Waals surface area contributed by atoms with Crippen molar-refractivity contribution in [3.63, 3.8) is 0 Å². The Labute approximate surface area is 223 Å². The van der Waals surface area contributed by atoms with Gasteiger partial charge in [0.25, 0.3) is 0 Å². The number of aryl methyl sites for hydroxylation is 3. The minimum Gasteiger partial charge on any atom is -0.103 e. The highest BCUT2D eigenvalue weighted by Crippen LogP contribution is 2.11. The molecule has 0 fully saturated rings. The zero-order valence-electron chi connectivity index (χ0n) is 24.8. The van der Waals surface area contributed by atoms with Gasteiger partial charge in [-0.1, -0.05) is 116 Å². The second kappa shape index (κ2) is 23.2. The van der Waals surface area contributed by atoms with E-state index in [0.717, 1.165) is 16.5 Å². The molecule has 0 N–H and O–H groups in total. The van der Waals surface area contributed by atoms with Crippen molar-refractivity contribution in [1.29, 1.82) is 0 Å². The van der Waals surface area contributed by atoms with Crippen molar-refractivity contribution in [2.45, 2.75) is 89.5 Å². The highest BCUT2D eigenvalue weighted by Gasteiger charge is 1.95. The minimum atomic E-state index is 1.00. The Morgan fingerprint density at radius 3 is 1.60 bits per heavy atom. The second-order valence-electron chi connectivity index (χ2n) is 8.56. The first-order valence-corrected chi connectivity index (χ1v) is 13.0. The van der Waals surface area contributed by atoms with Gasteiger partial charge in [0.15, 0.2) is 0 Å². The fourth-order valence-corrected chi connectivity index (χ4v) is 2.36. The summed E-state index contributed by atoms with van der Waals surface area (Å²) >= 11 is 4.54. The predicted octanol–water partition coefficient (Wildman–Crippen LogP) is 9.80. The maximum Gasteiger partial charge on any atom is -0.0133 e. The summed E-state index contributed by atoms with van der Waals surface area (Å²) in [4.78, 5) is 1.00. The van der Waals surface area contributed by atoms with E-state index in [2.05, 4.69) is 128 Å². The molecular formula is C34H52S. The molecule has 2 aromatic rings. The lowest BCUT2D eigenvalue weighted by molar-refractivity contribution is 1.09. The van der Waals surface area contributed by atoms with Crippen molar-refractivity contribution >= 4 is 29.7 Å². The Bertz CT molecular complexity index is 986. The van der Waals surface area contributed by atoms with E-state index in [1.807, 2.05) is 34.6 Å². The number of hydrogen-bond acceptors (Lipinski definition) is 1. The molecule has 0 aliphatic heterocycles. The van der Waals surface area contributed by atoms with E-state index < -0.39 is 0 Å². The molecule has 0 aliphatic carbocycles. The molecule has 0 atom stereocenters. The summed E-state index contributed by atoms with van der Waals surface area (Å²) < 4.78 is 0. The number of rotatable bonds is 3. The lowest BCUT2D eigenvalue weighted by atomic mass is 10.0. The van der Waals surface area contributed by atoms with Crippen LogP contribution in [0.5, 0.6) is 0 Å². The number of allylic oxidation sites excluding steroid dienone is 5. The van der Waals surface area contributed by atoms with E-state index in [4.69, 9.17) is 0 Å². The molecule has 0 spiro atoms. The highest BCUT2D eigenvalue weighted by molar-refractivity contribution is 7.80. The van der Waals surface area contributed by atoms with Gasteiger partial charge in [0.2, 0.25) is 0 Å². The van der Waals surface area contributed by atoms with Gasteiger partial charge in [0.05, 0.1) is 0 Å². The van der Waals surface area contributed by atoms with Crippen molar-refractivity contribution in [3.05, 3.63) is 105 Å². The second-order valence-corrected chi connectivity index (χ2v) is 9.37. The van der Waals surface area contributed by atoms with Gasteiger partial charge in [-0.05, 0) is 101 Å². The van der Waals surface area contributed by atoms with Gasteiger partial charge in [-0.3, -0.25) is 0 Å². The maximum atomic E-state index is 4.54. The first-order chi connectivity index (χ1) is 16.4. The number of benzene rings is 2. The maximum absolute atomic E-state index is 4.54. The van der Waals surface area contributed by atoms with Gasteiger partial charge < -0.3 is 0 Å². The van der Waals surface area contributed by atoms with Gasteiger partial charge in [0.1, 0.15) is 0 Å². The van der Waals surface area contributed by atoms with E-state index in [9.17, 15) is 0 Å². The molecular weight excluding hydrogens is 440 g/mol. The highest BCUT2D eigenvalue weighted by atomic mass is 32.1. The van der Waals surface area contributed by atoms with Crippen molar-refractivity contribution in [3.8, 4) is 0 Å². The molecule has 2 aromatic carbocycles. The van der Waals surface area contributed by atoms with E-state index in [-0.39, 0.29) is 0 Å². The predicted molar refractivity (Wildman–Crippen MR) is 170 cm³/mol. The quantitative estimate of drug-likeness (QED) is 0.233. The Morgan fingerprint density at radius 1 is 0.857 bits per heavy atom. The van der Waals surface area contributed by atoms with Crippen LogP contribution < -0.4 is 10.4 Å². The lowest BCUT2D eigenvalue weighted by Gasteiger charge is -2.02.